The topological polar surface area (TPSA) is 53.9 Å². The summed E-state index contributed by atoms with van der Waals surface area (Å²) in [7, 11) is 1.96. The highest BCUT2D eigenvalue weighted by atomic mass is 16.1. The van der Waals surface area contributed by atoms with Gasteiger partial charge in [0.2, 0.25) is 0 Å². The second kappa shape index (κ2) is 4.94. The first-order valence-electron chi connectivity index (χ1n) is 9.07. The molecule has 23 heavy (non-hydrogen) atoms. The number of fused-ring (bicyclic) bond motifs is 3. The third kappa shape index (κ3) is 1.95. The number of rotatable bonds is 2. The highest BCUT2D eigenvalue weighted by Gasteiger charge is 2.38. The lowest BCUT2D eigenvalue weighted by molar-refractivity contribution is 0.0465. The van der Waals surface area contributed by atoms with E-state index in [0.717, 1.165) is 49.6 Å². The van der Waals surface area contributed by atoms with Crippen LogP contribution >= 0.6 is 0 Å². The molecule has 0 bridgehead atoms. The third-order valence-corrected chi connectivity index (χ3v) is 6.24. The van der Waals surface area contributed by atoms with Crippen LogP contribution in [-0.2, 0) is 19.9 Å². The first-order chi connectivity index (χ1) is 11.2. The summed E-state index contributed by atoms with van der Waals surface area (Å²) in [6.45, 7) is 2.29. The molecule has 0 atom stereocenters. The Kier molecular flexibility index (Phi) is 2.96. The van der Waals surface area contributed by atoms with Gasteiger partial charge in [-0.25, -0.2) is 0 Å². The van der Waals surface area contributed by atoms with Crippen molar-refractivity contribution in [3.05, 3.63) is 27.2 Å². The van der Waals surface area contributed by atoms with Crippen molar-refractivity contribution in [3.63, 3.8) is 0 Å². The van der Waals surface area contributed by atoms with Crippen LogP contribution in [-0.4, -0.2) is 38.8 Å². The van der Waals surface area contributed by atoms with E-state index in [1.54, 1.807) is 0 Å². The van der Waals surface area contributed by atoms with E-state index in [9.17, 15) is 4.79 Å². The van der Waals surface area contributed by atoms with E-state index in [0.29, 0.717) is 5.92 Å². The van der Waals surface area contributed by atoms with Gasteiger partial charge in [0.15, 0.2) is 0 Å². The molecule has 1 saturated carbocycles. The van der Waals surface area contributed by atoms with Crippen molar-refractivity contribution in [2.45, 2.75) is 56.9 Å². The van der Waals surface area contributed by atoms with E-state index < -0.39 is 0 Å². The Morgan fingerprint density at radius 2 is 1.83 bits per heavy atom. The van der Waals surface area contributed by atoms with E-state index in [4.69, 9.17) is 5.10 Å². The number of H-pyrrole nitrogens is 1. The van der Waals surface area contributed by atoms with Gasteiger partial charge in [0, 0.05) is 43.0 Å². The Morgan fingerprint density at radius 1 is 1.09 bits per heavy atom. The van der Waals surface area contributed by atoms with Crippen molar-refractivity contribution >= 4 is 11.0 Å². The molecule has 5 rings (SSSR count). The number of nitrogens with zero attached hydrogens (tertiary/aromatic N) is 3. The molecule has 1 N–H and O–H groups in total. The number of hydrogen-bond donors (Lipinski definition) is 1. The molecule has 5 nitrogen and oxygen atoms in total. The van der Waals surface area contributed by atoms with Crippen LogP contribution in [0.3, 0.4) is 0 Å². The first kappa shape index (κ1) is 13.8. The molecule has 0 aromatic carbocycles. The van der Waals surface area contributed by atoms with Gasteiger partial charge in [0.05, 0.1) is 5.69 Å². The maximum atomic E-state index is 12.4. The fourth-order valence-corrected chi connectivity index (χ4v) is 4.62. The van der Waals surface area contributed by atoms with Crippen LogP contribution in [0.2, 0.25) is 0 Å². The summed E-state index contributed by atoms with van der Waals surface area (Å²) < 4.78 is 1.88. The standard InChI is InChI=1S/C18H24N4O/c1-21-17-15(13-7-2-3-8-14(13)18(23)19-17)16(20-21)11-9-22(10-11)12-5-4-6-12/h11-12H,2-10H2,1H3,(H,19,23). The molecule has 5 heteroatoms. The van der Waals surface area contributed by atoms with Gasteiger partial charge in [-0.1, -0.05) is 6.42 Å². The van der Waals surface area contributed by atoms with Gasteiger partial charge in [-0.2, -0.15) is 5.10 Å². The van der Waals surface area contributed by atoms with Crippen LogP contribution in [0, 0.1) is 0 Å². The van der Waals surface area contributed by atoms with Gasteiger partial charge in [-0.3, -0.25) is 14.4 Å². The van der Waals surface area contributed by atoms with Crippen molar-refractivity contribution in [1.29, 1.82) is 0 Å². The second-order valence-corrected chi connectivity index (χ2v) is 7.59. The number of pyridine rings is 1. The molecule has 3 aliphatic rings. The molecule has 0 spiro atoms. The van der Waals surface area contributed by atoms with Crippen LogP contribution < -0.4 is 5.56 Å². The van der Waals surface area contributed by atoms with E-state index in [2.05, 4.69) is 9.88 Å². The van der Waals surface area contributed by atoms with E-state index >= 15 is 0 Å². The minimum atomic E-state index is 0.103. The highest BCUT2D eigenvalue weighted by molar-refractivity contribution is 5.84. The summed E-state index contributed by atoms with van der Waals surface area (Å²) in [4.78, 5) is 18.1. The Hall–Kier alpha value is -1.62. The average molecular weight is 312 g/mol. The molecule has 0 amide bonds. The molecule has 122 valence electrons. The van der Waals surface area contributed by atoms with Crippen LogP contribution in [0.5, 0.6) is 0 Å². The lowest BCUT2D eigenvalue weighted by Gasteiger charge is -2.47. The smallest absolute Gasteiger partial charge is 0.253 e. The fraction of sp³-hybridized carbons (Fsp3) is 0.667. The molecule has 2 aromatic rings. The van der Waals surface area contributed by atoms with E-state index in [1.165, 1.54) is 42.3 Å². The predicted molar refractivity (Wildman–Crippen MR) is 89.9 cm³/mol. The SMILES string of the molecule is Cn1nc(C2CN(C3CCC3)C2)c2c3c(c(=O)[nH]c21)CCCC3. The van der Waals surface area contributed by atoms with Crippen molar-refractivity contribution in [1.82, 2.24) is 19.7 Å². The molecule has 3 heterocycles. The number of likely N-dealkylation sites (tertiary alicyclic amines) is 1. The molecule has 1 aliphatic heterocycles. The maximum absolute atomic E-state index is 12.4. The maximum Gasteiger partial charge on any atom is 0.253 e. The number of aromatic nitrogens is 3. The Morgan fingerprint density at radius 3 is 2.52 bits per heavy atom. The van der Waals surface area contributed by atoms with E-state index in [1.807, 2.05) is 11.7 Å². The van der Waals surface area contributed by atoms with Gasteiger partial charge in [-0.05, 0) is 44.1 Å². The Labute approximate surface area is 135 Å². The summed E-state index contributed by atoms with van der Waals surface area (Å²) in [6.07, 6.45) is 8.43. The minimum Gasteiger partial charge on any atom is -0.307 e. The number of hydrogen-bond acceptors (Lipinski definition) is 3. The van der Waals surface area contributed by atoms with E-state index in [-0.39, 0.29) is 5.56 Å². The Bertz CT molecular complexity index is 824. The van der Waals surface area contributed by atoms with Crippen molar-refractivity contribution in [2.24, 2.45) is 7.05 Å². The molecule has 2 aromatic heterocycles. The monoisotopic (exact) mass is 312 g/mol. The van der Waals surface area contributed by atoms with Gasteiger partial charge < -0.3 is 4.98 Å². The Balaban J connectivity index is 1.58. The zero-order chi connectivity index (χ0) is 15.6. The van der Waals surface area contributed by atoms with Gasteiger partial charge >= 0.3 is 0 Å². The predicted octanol–water partition coefficient (Wildman–Crippen LogP) is 2.09. The number of aryl methyl sites for hydroxylation is 2. The summed E-state index contributed by atoms with van der Waals surface area (Å²) in [5.41, 5.74) is 4.57. The number of nitrogens with one attached hydrogen (secondary N) is 1. The normalized spacial score (nSPS) is 22.8. The minimum absolute atomic E-state index is 0.103. The summed E-state index contributed by atoms with van der Waals surface area (Å²) in [6, 6.07) is 0.829. The van der Waals surface area contributed by atoms with Gasteiger partial charge in [-0.15, -0.1) is 0 Å². The second-order valence-electron chi connectivity index (χ2n) is 7.59. The summed E-state index contributed by atoms with van der Waals surface area (Å²) in [5, 5.41) is 6.08. The fourth-order valence-electron chi connectivity index (χ4n) is 4.62. The highest BCUT2D eigenvalue weighted by Crippen LogP contribution is 2.38. The lowest BCUT2D eigenvalue weighted by atomic mass is 9.83. The van der Waals surface area contributed by atoms with Crippen molar-refractivity contribution in [3.8, 4) is 0 Å². The van der Waals surface area contributed by atoms with Crippen molar-refractivity contribution < 1.29 is 0 Å². The molecule has 2 aliphatic carbocycles. The molecule has 0 unspecified atom stereocenters. The number of aromatic amines is 1. The quantitative estimate of drug-likeness (QED) is 0.924. The largest absolute Gasteiger partial charge is 0.307 e. The van der Waals surface area contributed by atoms with Crippen LogP contribution in [0.4, 0.5) is 0 Å². The zero-order valence-electron chi connectivity index (χ0n) is 13.8. The first-order valence-corrected chi connectivity index (χ1v) is 9.07. The molecule has 2 fully saturated rings. The summed E-state index contributed by atoms with van der Waals surface area (Å²) in [5.74, 6) is 0.538. The molecular formula is C18H24N4O. The zero-order valence-corrected chi connectivity index (χ0v) is 13.8. The van der Waals surface area contributed by atoms with Crippen LogP contribution in [0.15, 0.2) is 4.79 Å². The molecular weight excluding hydrogens is 288 g/mol. The van der Waals surface area contributed by atoms with Gasteiger partial charge in [0.25, 0.3) is 5.56 Å². The lowest BCUT2D eigenvalue weighted by Crippen LogP contribution is -2.53. The molecule has 1 saturated heterocycles. The average Bonchev–Trinajstić information content (AvgIpc) is 2.78. The summed E-state index contributed by atoms with van der Waals surface area (Å²) >= 11 is 0. The van der Waals surface area contributed by atoms with Crippen LogP contribution in [0.1, 0.15) is 54.8 Å². The van der Waals surface area contributed by atoms with Crippen molar-refractivity contribution in [2.75, 3.05) is 13.1 Å². The van der Waals surface area contributed by atoms with Gasteiger partial charge in [0.1, 0.15) is 5.65 Å². The third-order valence-electron chi connectivity index (χ3n) is 6.24. The molecule has 0 radical (unpaired) electrons. The van der Waals surface area contributed by atoms with Crippen LogP contribution in [0.25, 0.3) is 11.0 Å².